The normalized spacial score (nSPS) is 10.5. The molecular formula is C12H12FN3S. The minimum absolute atomic E-state index is 0.255. The van der Waals surface area contributed by atoms with E-state index in [0.717, 1.165) is 10.5 Å². The van der Waals surface area contributed by atoms with Gasteiger partial charge in [-0.15, -0.1) is 0 Å². The van der Waals surface area contributed by atoms with Gasteiger partial charge in [-0.2, -0.15) is 0 Å². The Morgan fingerprint density at radius 1 is 1.18 bits per heavy atom. The summed E-state index contributed by atoms with van der Waals surface area (Å²) >= 11 is 1.34. The molecule has 3 nitrogen and oxygen atoms in total. The van der Waals surface area contributed by atoms with Crippen molar-refractivity contribution in [3.05, 3.63) is 48.0 Å². The fourth-order valence-corrected chi connectivity index (χ4v) is 2.25. The van der Waals surface area contributed by atoms with Gasteiger partial charge in [-0.25, -0.2) is 14.4 Å². The molecule has 0 aliphatic carbocycles. The van der Waals surface area contributed by atoms with Crippen LogP contribution in [0.5, 0.6) is 0 Å². The van der Waals surface area contributed by atoms with Gasteiger partial charge in [0.15, 0.2) is 5.16 Å². The van der Waals surface area contributed by atoms with Gasteiger partial charge in [0.2, 0.25) is 0 Å². The van der Waals surface area contributed by atoms with Crippen LogP contribution in [0.3, 0.4) is 0 Å². The first-order chi connectivity index (χ1) is 8.28. The van der Waals surface area contributed by atoms with Gasteiger partial charge in [0.25, 0.3) is 0 Å². The first kappa shape index (κ1) is 12.0. The fraction of sp³-hybridized carbons (Fsp3) is 0.167. The average molecular weight is 249 g/mol. The van der Waals surface area contributed by atoms with Crippen LogP contribution >= 0.6 is 11.8 Å². The smallest absolute Gasteiger partial charge is 0.192 e. The molecule has 0 aliphatic rings. The fourth-order valence-electron chi connectivity index (χ4n) is 1.43. The molecule has 1 aromatic heterocycles. The molecule has 0 radical (unpaired) electrons. The zero-order valence-corrected chi connectivity index (χ0v) is 9.95. The van der Waals surface area contributed by atoms with Crippen LogP contribution in [-0.4, -0.2) is 16.5 Å². The van der Waals surface area contributed by atoms with Crippen molar-refractivity contribution >= 4 is 11.8 Å². The van der Waals surface area contributed by atoms with Gasteiger partial charge < -0.3 is 5.73 Å². The number of nitrogens with two attached hydrogens (primary N) is 1. The van der Waals surface area contributed by atoms with E-state index in [-0.39, 0.29) is 5.82 Å². The second kappa shape index (κ2) is 5.75. The maximum Gasteiger partial charge on any atom is 0.192 e. The highest BCUT2D eigenvalue weighted by Crippen LogP contribution is 2.25. The van der Waals surface area contributed by atoms with Gasteiger partial charge in [0, 0.05) is 17.3 Å². The van der Waals surface area contributed by atoms with Crippen LogP contribution in [0.4, 0.5) is 4.39 Å². The van der Waals surface area contributed by atoms with Crippen molar-refractivity contribution in [1.82, 2.24) is 9.97 Å². The van der Waals surface area contributed by atoms with E-state index in [0.29, 0.717) is 18.1 Å². The Bertz CT molecular complexity index is 490. The molecule has 0 saturated carbocycles. The highest BCUT2D eigenvalue weighted by Gasteiger charge is 2.04. The molecule has 17 heavy (non-hydrogen) atoms. The molecule has 0 fully saturated rings. The van der Waals surface area contributed by atoms with Crippen molar-refractivity contribution in [2.75, 3.05) is 6.54 Å². The third-order valence-corrected chi connectivity index (χ3v) is 2.98. The molecule has 0 bridgehead atoms. The predicted molar refractivity (Wildman–Crippen MR) is 65.3 cm³/mol. The number of rotatable bonds is 4. The second-order valence-corrected chi connectivity index (χ2v) is 4.51. The SMILES string of the molecule is NCCc1cc(F)cc(Sc2ncccn2)c1. The number of nitrogens with zero attached hydrogens (tertiary/aromatic N) is 2. The minimum atomic E-state index is -0.255. The molecule has 0 spiro atoms. The van der Waals surface area contributed by atoms with Crippen LogP contribution < -0.4 is 5.73 Å². The lowest BCUT2D eigenvalue weighted by molar-refractivity contribution is 0.621. The molecule has 2 rings (SSSR count). The van der Waals surface area contributed by atoms with Gasteiger partial charge in [-0.05, 0) is 54.6 Å². The number of hydrogen-bond donors (Lipinski definition) is 1. The summed E-state index contributed by atoms with van der Waals surface area (Å²) in [4.78, 5) is 8.96. The Hall–Kier alpha value is -1.46. The highest BCUT2D eigenvalue weighted by atomic mass is 32.2. The molecule has 2 N–H and O–H groups in total. The first-order valence-electron chi connectivity index (χ1n) is 5.22. The lowest BCUT2D eigenvalue weighted by Crippen LogP contribution is -2.03. The summed E-state index contributed by atoms with van der Waals surface area (Å²) in [6.45, 7) is 0.509. The van der Waals surface area contributed by atoms with Gasteiger partial charge in [-0.3, -0.25) is 0 Å². The summed E-state index contributed by atoms with van der Waals surface area (Å²) in [5, 5.41) is 0.608. The highest BCUT2D eigenvalue weighted by molar-refractivity contribution is 7.99. The van der Waals surface area contributed by atoms with E-state index in [4.69, 9.17) is 5.73 Å². The third kappa shape index (κ3) is 3.51. The zero-order valence-electron chi connectivity index (χ0n) is 9.14. The standard InChI is InChI=1S/C12H12FN3S/c13-10-6-9(2-3-14)7-11(8-10)17-12-15-4-1-5-16-12/h1,4-8H,2-3,14H2. The van der Waals surface area contributed by atoms with E-state index in [1.165, 1.54) is 23.9 Å². The van der Waals surface area contributed by atoms with E-state index < -0.39 is 0 Å². The Morgan fingerprint density at radius 2 is 1.94 bits per heavy atom. The van der Waals surface area contributed by atoms with Crippen LogP contribution in [0.15, 0.2) is 46.7 Å². The van der Waals surface area contributed by atoms with Crippen LogP contribution in [0.2, 0.25) is 0 Å². The molecule has 0 amide bonds. The Kier molecular flexibility index (Phi) is 4.06. The first-order valence-corrected chi connectivity index (χ1v) is 6.04. The molecule has 0 atom stereocenters. The van der Waals surface area contributed by atoms with E-state index in [1.54, 1.807) is 18.5 Å². The molecule has 5 heteroatoms. The molecule has 1 heterocycles. The van der Waals surface area contributed by atoms with Crippen LogP contribution in [0.25, 0.3) is 0 Å². The molecular weight excluding hydrogens is 237 g/mol. The number of hydrogen-bond acceptors (Lipinski definition) is 4. The topological polar surface area (TPSA) is 51.8 Å². The van der Waals surface area contributed by atoms with Crippen molar-refractivity contribution in [3.8, 4) is 0 Å². The Morgan fingerprint density at radius 3 is 2.65 bits per heavy atom. The van der Waals surface area contributed by atoms with Crippen molar-refractivity contribution in [3.63, 3.8) is 0 Å². The second-order valence-electron chi connectivity index (χ2n) is 3.47. The van der Waals surface area contributed by atoms with E-state index in [1.807, 2.05) is 6.07 Å². The predicted octanol–water partition coefficient (Wildman–Crippen LogP) is 2.27. The van der Waals surface area contributed by atoms with Crippen molar-refractivity contribution < 1.29 is 4.39 Å². The maximum absolute atomic E-state index is 13.4. The number of aromatic nitrogens is 2. The van der Waals surface area contributed by atoms with Gasteiger partial charge in [0.1, 0.15) is 5.82 Å². The molecule has 0 aliphatic heterocycles. The molecule has 1 aromatic carbocycles. The quantitative estimate of drug-likeness (QED) is 0.844. The molecule has 88 valence electrons. The number of benzene rings is 1. The molecule has 0 saturated heterocycles. The summed E-state index contributed by atoms with van der Waals surface area (Å²) in [5.41, 5.74) is 6.35. The number of halogens is 1. The average Bonchev–Trinajstić information content (AvgIpc) is 2.30. The van der Waals surface area contributed by atoms with E-state index in [9.17, 15) is 4.39 Å². The summed E-state index contributed by atoms with van der Waals surface area (Å²) in [6, 6.07) is 6.64. The van der Waals surface area contributed by atoms with Gasteiger partial charge in [-0.1, -0.05) is 0 Å². The minimum Gasteiger partial charge on any atom is -0.330 e. The Labute approximate surface area is 103 Å². The van der Waals surface area contributed by atoms with Gasteiger partial charge in [0.05, 0.1) is 0 Å². The van der Waals surface area contributed by atoms with Crippen molar-refractivity contribution in [2.24, 2.45) is 5.73 Å². The van der Waals surface area contributed by atoms with Gasteiger partial charge >= 0.3 is 0 Å². The summed E-state index contributed by atoms with van der Waals surface area (Å²) in [5.74, 6) is -0.255. The third-order valence-electron chi connectivity index (χ3n) is 2.12. The van der Waals surface area contributed by atoms with Crippen LogP contribution in [-0.2, 0) is 6.42 Å². The van der Waals surface area contributed by atoms with Crippen molar-refractivity contribution in [1.29, 1.82) is 0 Å². The monoisotopic (exact) mass is 249 g/mol. The lowest BCUT2D eigenvalue weighted by atomic mass is 10.1. The maximum atomic E-state index is 13.4. The van der Waals surface area contributed by atoms with E-state index in [2.05, 4.69) is 9.97 Å². The summed E-state index contributed by atoms with van der Waals surface area (Å²) < 4.78 is 13.4. The summed E-state index contributed by atoms with van der Waals surface area (Å²) in [6.07, 6.45) is 3.99. The lowest BCUT2D eigenvalue weighted by Gasteiger charge is -2.04. The summed E-state index contributed by atoms with van der Waals surface area (Å²) in [7, 11) is 0. The van der Waals surface area contributed by atoms with Crippen molar-refractivity contribution in [2.45, 2.75) is 16.5 Å². The molecule has 0 unspecified atom stereocenters. The van der Waals surface area contributed by atoms with Crippen LogP contribution in [0, 0.1) is 5.82 Å². The van der Waals surface area contributed by atoms with E-state index >= 15 is 0 Å². The largest absolute Gasteiger partial charge is 0.330 e. The Balaban J connectivity index is 2.21. The molecule has 2 aromatic rings. The zero-order chi connectivity index (χ0) is 12.1. The van der Waals surface area contributed by atoms with Crippen LogP contribution in [0.1, 0.15) is 5.56 Å².